The highest BCUT2D eigenvalue weighted by atomic mass is 32.2. The number of aromatic nitrogens is 5. The van der Waals surface area contributed by atoms with Crippen LogP contribution in [0, 0.1) is 0 Å². The van der Waals surface area contributed by atoms with Crippen molar-refractivity contribution in [3.05, 3.63) is 10.4 Å². The Bertz CT molecular complexity index is 900. The number of H-pyrrole nitrogens is 1. The third kappa shape index (κ3) is 3.57. The molecule has 4 atom stereocenters. The zero-order valence-corrected chi connectivity index (χ0v) is 16.9. The molecule has 1 aliphatic carbocycles. The predicted octanol–water partition coefficient (Wildman–Crippen LogP) is 0.859. The lowest BCUT2D eigenvalue weighted by Crippen LogP contribution is -2.31. The van der Waals surface area contributed by atoms with Gasteiger partial charge in [-0.25, -0.2) is 9.67 Å². The van der Waals surface area contributed by atoms with Crippen molar-refractivity contribution in [1.82, 2.24) is 25.0 Å². The zero-order chi connectivity index (χ0) is 19.9. The summed E-state index contributed by atoms with van der Waals surface area (Å²) in [5, 5.41) is 17.9. The third-order valence-corrected chi connectivity index (χ3v) is 5.96. The van der Waals surface area contributed by atoms with Gasteiger partial charge in [-0.1, -0.05) is 23.9 Å². The molecular weight excluding hydrogens is 386 g/mol. The van der Waals surface area contributed by atoms with Gasteiger partial charge in [0.15, 0.2) is 22.1 Å². The van der Waals surface area contributed by atoms with Crippen LogP contribution in [0.25, 0.3) is 11.2 Å². The molecule has 28 heavy (non-hydrogen) atoms. The van der Waals surface area contributed by atoms with Crippen molar-refractivity contribution in [2.45, 2.75) is 68.9 Å². The number of hydrogen-bond donors (Lipinski definition) is 2. The first-order chi connectivity index (χ1) is 13.4. The molecule has 0 spiro atoms. The van der Waals surface area contributed by atoms with Crippen LogP contribution in [0.2, 0.25) is 0 Å². The van der Waals surface area contributed by atoms with Crippen LogP contribution in [-0.4, -0.2) is 73.1 Å². The van der Waals surface area contributed by atoms with Gasteiger partial charge < -0.3 is 19.3 Å². The molecule has 0 aromatic carbocycles. The van der Waals surface area contributed by atoms with Gasteiger partial charge in [0.05, 0.1) is 25.4 Å². The SMILES string of the molecule is CCCSc1nc2c(nnn2[C@H]2C[C@H](OCCO)[C@H]3OC(C)(C)O[C@H]32)c(=O)[nH]1. The molecule has 2 N–H and O–H groups in total. The number of ether oxygens (including phenoxy) is 3. The second kappa shape index (κ2) is 7.71. The Balaban J connectivity index is 1.70. The molecule has 2 aromatic rings. The molecule has 2 aliphatic rings. The Morgan fingerprint density at radius 3 is 2.93 bits per heavy atom. The van der Waals surface area contributed by atoms with Crippen LogP contribution < -0.4 is 5.56 Å². The summed E-state index contributed by atoms with van der Waals surface area (Å²) in [5.74, 6) is 0.102. The maximum absolute atomic E-state index is 12.4. The maximum Gasteiger partial charge on any atom is 0.281 e. The van der Waals surface area contributed by atoms with Gasteiger partial charge in [0.2, 0.25) is 0 Å². The summed E-state index contributed by atoms with van der Waals surface area (Å²) in [6.07, 6.45) is 0.688. The van der Waals surface area contributed by atoms with E-state index in [9.17, 15) is 4.79 Å². The first kappa shape index (κ1) is 19.8. The van der Waals surface area contributed by atoms with Crippen LogP contribution in [0.5, 0.6) is 0 Å². The van der Waals surface area contributed by atoms with Gasteiger partial charge in [-0.15, -0.1) is 5.10 Å². The van der Waals surface area contributed by atoms with E-state index >= 15 is 0 Å². The molecule has 11 heteroatoms. The van der Waals surface area contributed by atoms with Crippen LogP contribution in [0.1, 0.15) is 39.7 Å². The fourth-order valence-corrected chi connectivity index (χ4v) is 4.54. The van der Waals surface area contributed by atoms with Gasteiger partial charge in [-0.2, -0.15) is 0 Å². The number of hydrogen-bond acceptors (Lipinski definition) is 9. The molecule has 154 valence electrons. The molecule has 3 heterocycles. The Kier molecular flexibility index (Phi) is 5.45. The normalized spacial score (nSPS) is 28.9. The summed E-state index contributed by atoms with van der Waals surface area (Å²) < 4.78 is 19.6. The van der Waals surface area contributed by atoms with Crippen LogP contribution >= 0.6 is 11.8 Å². The van der Waals surface area contributed by atoms with E-state index in [1.165, 1.54) is 11.8 Å². The molecule has 10 nitrogen and oxygen atoms in total. The van der Waals surface area contributed by atoms with Crippen LogP contribution in [0.4, 0.5) is 0 Å². The van der Waals surface area contributed by atoms with Crippen molar-refractivity contribution in [2.75, 3.05) is 19.0 Å². The van der Waals surface area contributed by atoms with E-state index in [1.54, 1.807) is 4.68 Å². The molecule has 1 saturated carbocycles. The monoisotopic (exact) mass is 411 g/mol. The number of thioether (sulfide) groups is 1. The summed E-state index contributed by atoms with van der Waals surface area (Å²) >= 11 is 1.49. The first-order valence-electron chi connectivity index (χ1n) is 9.49. The molecule has 1 aliphatic heterocycles. The lowest BCUT2D eigenvalue weighted by molar-refractivity contribution is -0.171. The third-order valence-electron chi connectivity index (χ3n) is 4.88. The van der Waals surface area contributed by atoms with Crippen molar-refractivity contribution in [1.29, 1.82) is 0 Å². The van der Waals surface area contributed by atoms with Gasteiger partial charge in [0.1, 0.15) is 12.2 Å². The average Bonchev–Trinajstić information content (AvgIpc) is 3.29. The highest BCUT2D eigenvalue weighted by Gasteiger charge is 2.56. The van der Waals surface area contributed by atoms with E-state index < -0.39 is 5.79 Å². The Morgan fingerprint density at radius 2 is 2.18 bits per heavy atom. The standard InChI is InChI=1S/C17H25N5O5S/c1-4-7-28-16-18-14-11(15(24)19-16)20-21-22(14)9-8-10(25-6-5-23)13-12(9)26-17(2,3)27-13/h9-10,12-13,23H,4-8H2,1-3H3,(H,18,19,24)/t9-,10-,12-,13+/m0/s1. The number of aliphatic hydroxyl groups excluding tert-OH is 1. The number of aliphatic hydroxyl groups is 1. The average molecular weight is 411 g/mol. The smallest absolute Gasteiger partial charge is 0.281 e. The quantitative estimate of drug-likeness (QED) is 0.504. The molecule has 2 fully saturated rings. The minimum atomic E-state index is -0.752. The second-order valence-corrected chi connectivity index (χ2v) is 8.51. The highest BCUT2D eigenvalue weighted by Crippen LogP contribution is 2.45. The maximum atomic E-state index is 12.4. The van der Waals surface area contributed by atoms with E-state index in [0.29, 0.717) is 17.2 Å². The predicted molar refractivity (Wildman–Crippen MR) is 101 cm³/mol. The first-order valence-corrected chi connectivity index (χ1v) is 10.5. The fourth-order valence-electron chi connectivity index (χ4n) is 3.83. The minimum Gasteiger partial charge on any atom is -0.394 e. The Labute approximate surface area is 165 Å². The highest BCUT2D eigenvalue weighted by molar-refractivity contribution is 7.99. The van der Waals surface area contributed by atoms with Crippen molar-refractivity contribution >= 4 is 22.9 Å². The lowest BCUT2D eigenvalue weighted by atomic mass is 10.2. The number of fused-ring (bicyclic) bond motifs is 2. The minimum absolute atomic E-state index is 0.0655. The Morgan fingerprint density at radius 1 is 1.39 bits per heavy atom. The van der Waals surface area contributed by atoms with Crippen LogP contribution in [-0.2, 0) is 14.2 Å². The molecular formula is C17H25N5O5S. The van der Waals surface area contributed by atoms with Crippen LogP contribution in [0.3, 0.4) is 0 Å². The number of rotatable bonds is 7. The molecule has 2 aromatic heterocycles. The molecule has 0 bridgehead atoms. The van der Waals surface area contributed by atoms with Crippen LogP contribution in [0.15, 0.2) is 9.95 Å². The van der Waals surface area contributed by atoms with E-state index in [2.05, 4.69) is 27.2 Å². The van der Waals surface area contributed by atoms with E-state index in [-0.39, 0.29) is 48.6 Å². The summed E-state index contributed by atoms with van der Waals surface area (Å²) in [4.78, 5) is 19.7. The largest absolute Gasteiger partial charge is 0.394 e. The van der Waals surface area contributed by atoms with Crippen molar-refractivity contribution in [2.24, 2.45) is 0 Å². The van der Waals surface area contributed by atoms with Gasteiger partial charge >= 0.3 is 0 Å². The Hall–Kier alpha value is -1.53. The van der Waals surface area contributed by atoms with Gasteiger partial charge in [-0.3, -0.25) is 9.78 Å². The van der Waals surface area contributed by atoms with E-state index in [4.69, 9.17) is 19.3 Å². The van der Waals surface area contributed by atoms with Gasteiger partial charge in [-0.05, 0) is 20.3 Å². The number of nitrogens with one attached hydrogen (secondary N) is 1. The van der Waals surface area contributed by atoms with Gasteiger partial charge in [0.25, 0.3) is 5.56 Å². The van der Waals surface area contributed by atoms with Gasteiger partial charge in [0, 0.05) is 12.2 Å². The summed E-state index contributed by atoms with van der Waals surface area (Å²) in [6.45, 7) is 5.93. The molecule has 0 unspecified atom stereocenters. The number of aromatic amines is 1. The van der Waals surface area contributed by atoms with E-state index in [1.807, 2.05) is 13.8 Å². The summed E-state index contributed by atoms with van der Waals surface area (Å²) in [6, 6.07) is -0.237. The summed E-state index contributed by atoms with van der Waals surface area (Å²) in [5.41, 5.74) is 0.332. The number of nitrogens with zero attached hydrogens (tertiary/aromatic N) is 4. The van der Waals surface area contributed by atoms with Crippen molar-refractivity contribution in [3.8, 4) is 0 Å². The zero-order valence-electron chi connectivity index (χ0n) is 16.1. The second-order valence-electron chi connectivity index (χ2n) is 7.43. The molecule has 1 saturated heterocycles. The fraction of sp³-hybridized carbons (Fsp3) is 0.765. The molecule has 0 amide bonds. The molecule has 4 rings (SSSR count). The van der Waals surface area contributed by atoms with Crippen molar-refractivity contribution in [3.63, 3.8) is 0 Å². The van der Waals surface area contributed by atoms with E-state index in [0.717, 1.165) is 12.2 Å². The summed E-state index contributed by atoms with van der Waals surface area (Å²) in [7, 11) is 0. The lowest BCUT2D eigenvalue weighted by Gasteiger charge is -2.23. The van der Waals surface area contributed by atoms with Crippen molar-refractivity contribution < 1.29 is 19.3 Å². The topological polar surface area (TPSA) is 124 Å². The molecule has 0 radical (unpaired) electrons.